The first-order chi connectivity index (χ1) is 12.3. The smallest absolute Gasteiger partial charge is 0.0578 e. The van der Waals surface area contributed by atoms with Gasteiger partial charge in [0.25, 0.3) is 0 Å². The highest BCUT2D eigenvalue weighted by Crippen LogP contribution is 2.37. The third-order valence-electron chi connectivity index (χ3n) is 6.49. The molecule has 1 heteroatoms. The van der Waals surface area contributed by atoms with E-state index in [-0.39, 0.29) is 0 Å². The van der Waals surface area contributed by atoms with Crippen LogP contribution in [0.25, 0.3) is 0 Å². The fourth-order valence-corrected chi connectivity index (χ4v) is 4.72. The molecule has 2 aliphatic rings. The lowest BCUT2D eigenvalue weighted by Crippen LogP contribution is -2.25. The van der Waals surface area contributed by atoms with Crippen molar-refractivity contribution in [3.8, 4) is 0 Å². The molecular formula is C24H36O. The molecule has 1 saturated carbocycles. The fraction of sp³-hybridized carbons (Fsp3) is 0.667. The van der Waals surface area contributed by atoms with Gasteiger partial charge in [0.2, 0.25) is 0 Å². The van der Waals surface area contributed by atoms with E-state index in [0.29, 0.717) is 12.0 Å². The summed E-state index contributed by atoms with van der Waals surface area (Å²) in [6.45, 7) is 7.07. The molecule has 2 fully saturated rings. The minimum atomic E-state index is 0.449. The summed E-state index contributed by atoms with van der Waals surface area (Å²) in [7, 11) is 0. The van der Waals surface area contributed by atoms with Gasteiger partial charge in [-0.1, -0.05) is 50.1 Å². The Kier molecular flexibility index (Phi) is 7.16. The van der Waals surface area contributed by atoms with E-state index in [9.17, 15) is 0 Å². The Morgan fingerprint density at radius 2 is 1.76 bits per heavy atom. The first-order valence-corrected chi connectivity index (χ1v) is 10.6. The normalized spacial score (nSPS) is 30.1. The summed E-state index contributed by atoms with van der Waals surface area (Å²) in [5, 5.41) is 0. The Bertz CT molecular complexity index is 501. The molecule has 25 heavy (non-hydrogen) atoms. The maximum absolute atomic E-state index is 5.98. The highest BCUT2D eigenvalue weighted by Gasteiger charge is 2.22. The number of hydrogen-bond acceptors (Lipinski definition) is 1. The maximum atomic E-state index is 5.98. The predicted octanol–water partition coefficient (Wildman–Crippen LogP) is 6.67. The predicted molar refractivity (Wildman–Crippen MR) is 107 cm³/mol. The van der Waals surface area contributed by atoms with Crippen molar-refractivity contribution in [1.82, 2.24) is 0 Å². The molecule has 0 bridgehead atoms. The quantitative estimate of drug-likeness (QED) is 0.503. The van der Waals surface area contributed by atoms with E-state index in [1.807, 2.05) is 6.08 Å². The molecule has 1 heterocycles. The minimum Gasteiger partial charge on any atom is -0.378 e. The van der Waals surface area contributed by atoms with Crippen molar-refractivity contribution in [2.24, 2.45) is 11.8 Å². The molecule has 1 aliphatic heterocycles. The summed E-state index contributed by atoms with van der Waals surface area (Å²) >= 11 is 0. The molecule has 2 atom stereocenters. The standard InChI is InChI=1S/C24H36O/c1-3-5-20-6-12-22(13-7-20)23-14-8-21(9-15-23)11-17-24-16-10-19(4-2)18-25-24/h4,8-9,14-15,19-20,22,24H,2-3,5-7,10-13,16-18H2,1H3. The molecule has 0 amide bonds. The van der Waals surface area contributed by atoms with E-state index in [1.54, 1.807) is 5.56 Å². The van der Waals surface area contributed by atoms with Gasteiger partial charge in [0.1, 0.15) is 0 Å². The molecule has 138 valence electrons. The second-order valence-electron chi connectivity index (χ2n) is 8.32. The molecule has 1 aromatic carbocycles. The van der Waals surface area contributed by atoms with Crippen LogP contribution in [0.3, 0.4) is 0 Å². The molecule has 1 nitrogen and oxygen atoms in total. The molecule has 0 aromatic heterocycles. The molecule has 0 spiro atoms. The molecule has 3 rings (SSSR count). The molecule has 2 unspecified atom stereocenters. The Balaban J connectivity index is 1.42. The third kappa shape index (κ3) is 5.45. The lowest BCUT2D eigenvalue weighted by molar-refractivity contribution is -0.00779. The topological polar surface area (TPSA) is 9.23 Å². The lowest BCUT2D eigenvalue weighted by Gasteiger charge is -2.29. The van der Waals surface area contributed by atoms with Crippen LogP contribution in [0.2, 0.25) is 0 Å². The van der Waals surface area contributed by atoms with Crippen LogP contribution in [0, 0.1) is 11.8 Å². The Labute approximate surface area is 154 Å². The van der Waals surface area contributed by atoms with E-state index < -0.39 is 0 Å². The monoisotopic (exact) mass is 340 g/mol. The third-order valence-corrected chi connectivity index (χ3v) is 6.49. The van der Waals surface area contributed by atoms with Gasteiger partial charge in [-0.05, 0) is 74.3 Å². The summed E-state index contributed by atoms with van der Waals surface area (Å²) in [6.07, 6.45) is 15.7. The van der Waals surface area contributed by atoms with E-state index in [4.69, 9.17) is 4.74 Å². The fourth-order valence-electron chi connectivity index (χ4n) is 4.72. The summed E-state index contributed by atoms with van der Waals surface area (Å²) < 4.78 is 5.98. The molecule has 1 saturated heterocycles. The average molecular weight is 341 g/mol. The second-order valence-corrected chi connectivity index (χ2v) is 8.32. The van der Waals surface area contributed by atoms with Gasteiger partial charge >= 0.3 is 0 Å². The first-order valence-electron chi connectivity index (χ1n) is 10.6. The van der Waals surface area contributed by atoms with Crippen molar-refractivity contribution in [3.63, 3.8) is 0 Å². The van der Waals surface area contributed by atoms with Crippen molar-refractivity contribution in [2.45, 2.75) is 83.2 Å². The van der Waals surface area contributed by atoms with Gasteiger partial charge in [-0.25, -0.2) is 0 Å². The SMILES string of the molecule is C=CC1CCC(CCc2ccc(C3CCC(CCC)CC3)cc2)OC1. The Hall–Kier alpha value is -1.08. The van der Waals surface area contributed by atoms with Crippen LogP contribution in [0.15, 0.2) is 36.9 Å². The zero-order chi connectivity index (χ0) is 17.5. The zero-order valence-corrected chi connectivity index (χ0v) is 16.1. The Morgan fingerprint density at radius 3 is 2.36 bits per heavy atom. The largest absolute Gasteiger partial charge is 0.378 e. The van der Waals surface area contributed by atoms with Gasteiger partial charge in [0, 0.05) is 5.92 Å². The zero-order valence-electron chi connectivity index (χ0n) is 16.1. The number of hydrogen-bond donors (Lipinski definition) is 0. The maximum Gasteiger partial charge on any atom is 0.0578 e. The van der Waals surface area contributed by atoms with E-state index in [0.717, 1.165) is 31.3 Å². The van der Waals surface area contributed by atoms with Crippen LogP contribution < -0.4 is 0 Å². The van der Waals surface area contributed by atoms with Crippen LogP contribution in [0.4, 0.5) is 0 Å². The van der Waals surface area contributed by atoms with Crippen LogP contribution >= 0.6 is 0 Å². The molecule has 1 aliphatic carbocycles. The van der Waals surface area contributed by atoms with Crippen LogP contribution in [0.5, 0.6) is 0 Å². The lowest BCUT2D eigenvalue weighted by atomic mass is 9.77. The highest BCUT2D eigenvalue weighted by atomic mass is 16.5. The van der Waals surface area contributed by atoms with Gasteiger partial charge in [0.15, 0.2) is 0 Å². The summed E-state index contributed by atoms with van der Waals surface area (Å²) in [5.41, 5.74) is 3.04. The average Bonchev–Trinajstić information content (AvgIpc) is 2.68. The van der Waals surface area contributed by atoms with Gasteiger partial charge in [-0.15, -0.1) is 6.58 Å². The van der Waals surface area contributed by atoms with Gasteiger partial charge in [-0.2, -0.15) is 0 Å². The molecule has 0 N–H and O–H groups in total. The van der Waals surface area contributed by atoms with E-state index >= 15 is 0 Å². The summed E-state index contributed by atoms with van der Waals surface area (Å²) in [5.74, 6) is 2.37. The van der Waals surface area contributed by atoms with Crippen molar-refractivity contribution < 1.29 is 4.74 Å². The molecular weight excluding hydrogens is 304 g/mol. The van der Waals surface area contributed by atoms with Gasteiger partial charge in [-0.3, -0.25) is 0 Å². The summed E-state index contributed by atoms with van der Waals surface area (Å²) in [4.78, 5) is 0. The van der Waals surface area contributed by atoms with E-state index in [1.165, 1.54) is 56.9 Å². The number of ether oxygens (including phenoxy) is 1. The summed E-state index contributed by atoms with van der Waals surface area (Å²) in [6, 6.07) is 9.52. The van der Waals surface area contributed by atoms with Gasteiger partial charge in [0.05, 0.1) is 12.7 Å². The second kappa shape index (κ2) is 9.57. The van der Waals surface area contributed by atoms with Crippen LogP contribution in [0.1, 0.15) is 81.8 Å². The van der Waals surface area contributed by atoms with Crippen molar-refractivity contribution in [3.05, 3.63) is 48.0 Å². The minimum absolute atomic E-state index is 0.449. The van der Waals surface area contributed by atoms with Crippen molar-refractivity contribution in [2.75, 3.05) is 6.61 Å². The first kappa shape index (κ1) is 18.7. The molecule has 1 aromatic rings. The number of aryl methyl sites for hydroxylation is 1. The van der Waals surface area contributed by atoms with E-state index in [2.05, 4.69) is 37.8 Å². The molecule has 0 radical (unpaired) electrons. The van der Waals surface area contributed by atoms with Crippen LogP contribution in [-0.2, 0) is 11.2 Å². The number of rotatable bonds is 7. The van der Waals surface area contributed by atoms with Crippen molar-refractivity contribution >= 4 is 0 Å². The highest BCUT2D eigenvalue weighted by molar-refractivity contribution is 5.26. The number of benzene rings is 1. The van der Waals surface area contributed by atoms with Crippen molar-refractivity contribution in [1.29, 1.82) is 0 Å². The van der Waals surface area contributed by atoms with Gasteiger partial charge < -0.3 is 4.74 Å². The Morgan fingerprint density at radius 1 is 1.00 bits per heavy atom. The van der Waals surface area contributed by atoms with Crippen LogP contribution in [-0.4, -0.2) is 12.7 Å².